The van der Waals surface area contributed by atoms with Crippen molar-refractivity contribution in [3.63, 3.8) is 0 Å². The Morgan fingerprint density at radius 2 is 2.08 bits per heavy atom. The lowest BCUT2D eigenvalue weighted by atomic mass is 10.1. The van der Waals surface area contributed by atoms with Gasteiger partial charge in [-0.15, -0.1) is 0 Å². The minimum atomic E-state index is -0.429. The van der Waals surface area contributed by atoms with Gasteiger partial charge in [-0.1, -0.05) is 28.1 Å². The smallest absolute Gasteiger partial charge is 0.270 e. The van der Waals surface area contributed by atoms with Gasteiger partial charge in [0.2, 0.25) is 0 Å². The number of anilines is 1. The summed E-state index contributed by atoms with van der Waals surface area (Å²) in [5.41, 5.74) is 6.23. The SMILES string of the molecule is Cc1cc(NN=Cc2cccc([N+](=O)[O-])c2)c2cc(Br)ccc2n1. The molecule has 0 spiro atoms. The molecule has 7 heteroatoms. The number of hydrazone groups is 1. The van der Waals surface area contributed by atoms with Gasteiger partial charge < -0.3 is 0 Å². The van der Waals surface area contributed by atoms with Crippen molar-refractivity contribution >= 4 is 44.4 Å². The molecular weight excluding hydrogens is 372 g/mol. The van der Waals surface area contributed by atoms with Crippen molar-refractivity contribution in [2.75, 3.05) is 5.43 Å². The number of rotatable bonds is 4. The maximum atomic E-state index is 10.8. The summed E-state index contributed by atoms with van der Waals surface area (Å²) >= 11 is 3.45. The summed E-state index contributed by atoms with van der Waals surface area (Å²) in [5, 5.41) is 15.9. The third-order valence-corrected chi connectivity index (χ3v) is 3.87. The molecular formula is C17H13BrN4O2. The number of pyridine rings is 1. The number of aryl methyl sites for hydroxylation is 1. The standard InChI is InChI=1S/C17H13BrN4O2/c1-11-7-17(15-9-13(18)5-6-16(15)20-11)21-19-10-12-3-2-4-14(8-12)22(23)24/h2-10H,1H3,(H,20,21). The number of benzene rings is 2. The van der Waals surface area contributed by atoms with E-state index in [0.717, 1.165) is 26.8 Å². The molecule has 0 unspecified atom stereocenters. The van der Waals surface area contributed by atoms with E-state index in [2.05, 4.69) is 31.4 Å². The van der Waals surface area contributed by atoms with Gasteiger partial charge in [0.05, 0.1) is 22.3 Å². The number of hydrogen-bond donors (Lipinski definition) is 1. The Balaban J connectivity index is 1.89. The van der Waals surface area contributed by atoms with E-state index < -0.39 is 4.92 Å². The van der Waals surface area contributed by atoms with E-state index in [4.69, 9.17) is 0 Å². The molecule has 3 aromatic rings. The first kappa shape index (κ1) is 16.1. The minimum Gasteiger partial charge on any atom is -0.278 e. The second kappa shape index (κ2) is 6.76. The summed E-state index contributed by atoms with van der Waals surface area (Å²) < 4.78 is 0.950. The monoisotopic (exact) mass is 384 g/mol. The number of hydrogen-bond acceptors (Lipinski definition) is 5. The van der Waals surface area contributed by atoms with Crippen LogP contribution in [0.5, 0.6) is 0 Å². The predicted molar refractivity (Wildman–Crippen MR) is 98.5 cm³/mol. The van der Waals surface area contributed by atoms with Crippen LogP contribution in [0.25, 0.3) is 10.9 Å². The molecule has 0 aliphatic rings. The van der Waals surface area contributed by atoms with Crippen LogP contribution in [0.3, 0.4) is 0 Å². The quantitative estimate of drug-likeness (QED) is 0.402. The fourth-order valence-electron chi connectivity index (χ4n) is 2.32. The summed E-state index contributed by atoms with van der Waals surface area (Å²) in [6.45, 7) is 1.91. The zero-order valence-corrected chi connectivity index (χ0v) is 14.3. The highest BCUT2D eigenvalue weighted by molar-refractivity contribution is 9.10. The Kier molecular flexibility index (Phi) is 4.52. The third kappa shape index (κ3) is 3.57. The summed E-state index contributed by atoms with van der Waals surface area (Å²) in [5.74, 6) is 0. The van der Waals surface area contributed by atoms with Crippen molar-refractivity contribution in [3.05, 3.63) is 74.4 Å². The van der Waals surface area contributed by atoms with Gasteiger partial charge in [-0.2, -0.15) is 5.10 Å². The summed E-state index contributed by atoms with van der Waals surface area (Å²) in [6.07, 6.45) is 1.55. The molecule has 2 aromatic carbocycles. The number of fused-ring (bicyclic) bond motifs is 1. The predicted octanol–water partition coefficient (Wildman–Crippen LogP) is 4.66. The van der Waals surface area contributed by atoms with Crippen LogP contribution in [-0.4, -0.2) is 16.1 Å². The molecule has 1 N–H and O–H groups in total. The highest BCUT2D eigenvalue weighted by Crippen LogP contribution is 2.26. The van der Waals surface area contributed by atoms with Crippen molar-refractivity contribution in [1.82, 2.24) is 4.98 Å². The number of aromatic nitrogens is 1. The van der Waals surface area contributed by atoms with Gasteiger partial charge in [0.1, 0.15) is 0 Å². The molecule has 0 fully saturated rings. The molecule has 0 radical (unpaired) electrons. The molecule has 0 aliphatic carbocycles. The van der Waals surface area contributed by atoms with Crippen molar-refractivity contribution in [2.24, 2.45) is 5.10 Å². The van der Waals surface area contributed by atoms with Crippen LogP contribution >= 0.6 is 15.9 Å². The first-order valence-corrected chi connectivity index (χ1v) is 7.93. The molecule has 0 saturated heterocycles. The van der Waals surface area contributed by atoms with Gasteiger partial charge in [-0.25, -0.2) is 0 Å². The first-order valence-electron chi connectivity index (χ1n) is 7.13. The summed E-state index contributed by atoms with van der Waals surface area (Å²) in [7, 11) is 0. The summed E-state index contributed by atoms with van der Waals surface area (Å²) in [6, 6.07) is 14.0. The van der Waals surface area contributed by atoms with E-state index in [9.17, 15) is 10.1 Å². The maximum Gasteiger partial charge on any atom is 0.270 e. The lowest BCUT2D eigenvalue weighted by Crippen LogP contribution is -1.95. The Labute approximate surface area is 146 Å². The fraction of sp³-hybridized carbons (Fsp3) is 0.0588. The molecule has 1 heterocycles. The second-order valence-corrected chi connectivity index (χ2v) is 6.11. The maximum absolute atomic E-state index is 10.8. The van der Waals surface area contributed by atoms with Gasteiger partial charge >= 0.3 is 0 Å². The normalized spacial score (nSPS) is 11.1. The molecule has 0 saturated carbocycles. The number of nitrogens with one attached hydrogen (secondary N) is 1. The second-order valence-electron chi connectivity index (χ2n) is 5.19. The van der Waals surface area contributed by atoms with Crippen molar-refractivity contribution in [2.45, 2.75) is 6.92 Å². The number of non-ortho nitro benzene ring substituents is 1. The van der Waals surface area contributed by atoms with Crippen LogP contribution < -0.4 is 5.43 Å². The van der Waals surface area contributed by atoms with E-state index in [1.807, 2.05) is 31.2 Å². The van der Waals surface area contributed by atoms with Crippen molar-refractivity contribution in [1.29, 1.82) is 0 Å². The molecule has 3 rings (SSSR count). The van der Waals surface area contributed by atoms with Crippen LogP contribution in [0.2, 0.25) is 0 Å². The van der Waals surface area contributed by atoms with Crippen LogP contribution in [-0.2, 0) is 0 Å². The molecule has 0 atom stereocenters. The van der Waals surface area contributed by atoms with E-state index in [-0.39, 0.29) is 5.69 Å². The number of nitro benzene ring substituents is 1. The lowest BCUT2D eigenvalue weighted by molar-refractivity contribution is -0.384. The van der Waals surface area contributed by atoms with Gasteiger partial charge in [0, 0.05) is 33.2 Å². The Morgan fingerprint density at radius 3 is 2.88 bits per heavy atom. The van der Waals surface area contributed by atoms with Gasteiger partial charge in [0.15, 0.2) is 0 Å². The summed E-state index contributed by atoms with van der Waals surface area (Å²) in [4.78, 5) is 14.9. The van der Waals surface area contributed by atoms with Gasteiger partial charge in [0.25, 0.3) is 5.69 Å². The van der Waals surface area contributed by atoms with Gasteiger partial charge in [-0.3, -0.25) is 20.5 Å². The average Bonchev–Trinajstić information content (AvgIpc) is 2.55. The van der Waals surface area contributed by atoms with Crippen LogP contribution in [0.1, 0.15) is 11.3 Å². The molecule has 1 aromatic heterocycles. The zero-order chi connectivity index (χ0) is 17.1. The number of halogens is 1. The first-order chi connectivity index (χ1) is 11.5. The third-order valence-electron chi connectivity index (χ3n) is 3.38. The van der Waals surface area contributed by atoms with E-state index in [1.54, 1.807) is 18.3 Å². The molecule has 0 amide bonds. The average molecular weight is 385 g/mol. The fourth-order valence-corrected chi connectivity index (χ4v) is 2.68. The Hall–Kier alpha value is -2.80. The lowest BCUT2D eigenvalue weighted by Gasteiger charge is -2.07. The largest absolute Gasteiger partial charge is 0.278 e. The van der Waals surface area contributed by atoms with E-state index in [1.165, 1.54) is 12.1 Å². The highest BCUT2D eigenvalue weighted by Gasteiger charge is 2.05. The molecule has 24 heavy (non-hydrogen) atoms. The van der Waals surface area contributed by atoms with Crippen molar-refractivity contribution in [3.8, 4) is 0 Å². The van der Waals surface area contributed by atoms with E-state index in [0.29, 0.717) is 5.56 Å². The molecule has 6 nitrogen and oxygen atoms in total. The molecule has 120 valence electrons. The van der Waals surface area contributed by atoms with E-state index >= 15 is 0 Å². The topological polar surface area (TPSA) is 80.4 Å². The molecule has 0 aliphatic heterocycles. The van der Waals surface area contributed by atoms with Crippen LogP contribution in [0.4, 0.5) is 11.4 Å². The van der Waals surface area contributed by atoms with Gasteiger partial charge in [-0.05, 0) is 31.2 Å². The zero-order valence-electron chi connectivity index (χ0n) is 12.7. The number of nitro groups is 1. The van der Waals surface area contributed by atoms with Crippen LogP contribution in [0, 0.1) is 17.0 Å². The highest BCUT2D eigenvalue weighted by atomic mass is 79.9. The molecule has 0 bridgehead atoms. The van der Waals surface area contributed by atoms with Crippen LogP contribution in [0.15, 0.2) is 58.1 Å². The Bertz CT molecular complexity index is 956. The Morgan fingerprint density at radius 1 is 1.25 bits per heavy atom. The number of nitrogens with zero attached hydrogens (tertiary/aromatic N) is 3. The van der Waals surface area contributed by atoms with Crippen molar-refractivity contribution < 1.29 is 4.92 Å². The minimum absolute atomic E-state index is 0.0353.